The van der Waals surface area contributed by atoms with E-state index >= 15 is 0 Å². The molecule has 20 heavy (non-hydrogen) atoms. The summed E-state index contributed by atoms with van der Waals surface area (Å²) in [6.07, 6.45) is 1.12. The van der Waals surface area contributed by atoms with Gasteiger partial charge in [-0.15, -0.1) is 0 Å². The smallest absolute Gasteiger partial charge is 0.104 e. The highest BCUT2D eigenvalue weighted by Crippen LogP contribution is 2.14. The number of carbonyl (C=O) groups is 1. The summed E-state index contributed by atoms with van der Waals surface area (Å²) in [5.41, 5.74) is 7.06. The highest BCUT2D eigenvalue weighted by Gasteiger charge is 2.22. The number of nitrogens with two attached hydrogens (primary N) is 1. The SMILES string of the molecule is CC(=O)[O-].CC[N+](CC)(CCCN)Cc1ccccc1. The zero-order chi connectivity index (χ0) is 15.4. The van der Waals surface area contributed by atoms with Crippen molar-refractivity contribution in [3.63, 3.8) is 0 Å². The molecule has 4 nitrogen and oxygen atoms in total. The second kappa shape index (κ2) is 10.4. The molecule has 0 saturated carbocycles. The summed E-state index contributed by atoms with van der Waals surface area (Å²) in [4.78, 5) is 8.89. The van der Waals surface area contributed by atoms with Crippen molar-refractivity contribution in [1.29, 1.82) is 0 Å². The van der Waals surface area contributed by atoms with Crippen LogP contribution >= 0.6 is 0 Å². The van der Waals surface area contributed by atoms with Crippen LogP contribution in [-0.2, 0) is 11.3 Å². The molecule has 1 aromatic rings. The van der Waals surface area contributed by atoms with Gasteiger partial charge in [0.1, 0.15) is 6.54 Å². The molecule has 0 aromatic heterocycles. The summed E-state index contributed by atoms with van der Waals surface area (Å²) >= 11 is 0. The minimum atomic E-state index is -1.08. The van der Waals surface area contributed by atoms with Gasteiger partial charge in [0.15, 0.2) is 0 Å². The van der Waals surface area contributed by atoms with Gasteiger partial charge in [0.25, 0.3) is 0 Å². The van der Waals surface area contributed by atoms with E-state index < -0.39 is 5.97 Å². The number of aliphatic carboxylic acids is 1. The molecule has 114 valence electrons. The van der Waals surface area contributed by atoms with Gasteiger partial charge < -0.3 is 20.1 Å². The highest BCUT2D eigenvalue weighted by atomic mass is 16.4. The molecule has 0 fully saturated rings. The first-order valence-corrected chi connectivity index (χ1v) is 7.26. The number of quaternary nitrogens is 1. The Hall–Kier alpha value is -1.39. The lowest BCUT2D eigenvalue weighted by Crippen LogP contribution is -2.48. The molecule has 0 aliphatic carbocycles. The van der Waals surface area contributed by atoms with Crippen LogP contribution < -0.4 is 10.8 Å². The van der Waals surface area contributed by atoms with E-state index in [1.807, 2.05) is 0 Å². The summed E-state index contributed by atoms with van der Waals surface area (Å²) < 4.78 is 1.15. The van der Waals surface area contributed by atoms with Crippen LogP contribution in [0.15, 0.2) is 30.3 Å². The predicted molar refractivity (Wildman–Crippen MR) is 80.7 cm³/mol. The van der Waals surface area contributed by atoms with Gasteiger partial charge >= 0.3 is 0 Å². The van der Waals surface area contributed by atoms with Crippen LogP contribution in [0.2, 0.25) is 0 Å². The molecule has 0 radical (unpaired) electrons. The number of carboxylic acids is 1. The van der Waals surface area contributed by atoms with Gasteiger partial charge in [0.2, 0.25) is 0 Å². The molecule has 0 saturated heterocycles. The molecule has 0 aliphatic rings. The molecule has 0 atom stereocenters. The second-order valence-corrected chi connectivity index (χ2v) is 4.98. The van der Waals surface area contributed by atoms with Crippen molar-refractivity contribution in [2.24, 2.45) is 5.73 Å². The van der Waals surface area contributed by atoms with E-state index in [1.54, 1.807) is 0 Å². The van der Waals surface area contributed by atoms with Gasteiger partial charge in [-0.1, -0.05) is 30.3 Å². The fraction of sp³-hybridized carbons (Fsp3) is 0.562. The summed E-state index contributed by atoms with van der Waals surface area (Å²) in [6, 6.07) is 10.8. The number of carbonyl (C=O) groups excluding carboxylic acids is 1. The van der Waals surface area contributed by atoms with Crippen molar-refractivity contribution in [3.8, 4) is 0 Å². The molecular formula is C16H28N2O2. The van der Waals surface area contributed by atoms with Crippen LogP contribution in [0.5, 0.6) is 0 Å². The topological polar surface area (TPSA) is 66.1 Å². The van der Waals surface area contributed by atoms with Crippen molar-refractivity contribution in [2.45, 2.75) is 33.7 Å². The third kappa shape index (κ3) is 7.92. The quantitative estimate of drug-likeness (QED) is 0.762. The Labute approximate surface area is 122 Å². The maximum Gasteiger partial charge on any atom is 0.104 e. The van der Waals surface area contributed by atoms with E-state index in [9.17, 15) is 0 Å². The number of benzene rings is 1. The van der Waals surface area contributed by atoms with Gasteiger partial charge in [-0.25, -0.2) is 0 Å². The Morgan fingerprint density at radius 1 is 1.20 bits per heavy atom. The molecule has 1 aromatic carbocycles. The predicted octanol–water partition coefficient (Wildman–Crippen LogP) is 1.15. The molecule has 1 rings (SSSR count). The van der Waals surface area contributed by atoms with Gasteiger partial charge in [0, 0.05) is 18.0 Å². The monoisotopic (exact) mass is 280 g/mol. The fourth-order valence-electron chi connectivity index (χ4n) is 2.24. The number of hydrogen-bond donors (Lipinski definition) is 1. The molecule has 0 amide bonds. The minimum Gasteiger partial charge on any atom is -0.550 e. The van der Waals surface area contributed by atoms with Crippen LogP contribution in [0, 0.1) is 0 Å². The Bertz CT molecular complexity index is 358. The average molecular weight is 280 g/mol. The first kappa shape index (κ1) is 18.6. The molecule has 0 heterocycles. The van der Waals surface area contributed by atoms with Gasteiger partial charge in [0.05, 0.1) is 19.6 Å². The number of hydrogen-bond acceptors (Lipinski definition) is 3. The normalized spacial score (nSPS) is 10.6. The Balaban J connectivity index is 0.000000796. The summed E-state index contributed by atoms with van der Waals surface area (Å²) in [5, 5.41) is 8.89. The van der Waals surface area contributed by atoms with E-state index in [-0.39, 0.29) is 0 Å². The molecule has 2 N–H and O–H groups in total. The second-order valence-electron chi connectivity index (χ2n) is 4.98. The summed E-state index contributed by atoms with van der Waals surface area (Å²) in [6.45, 7) is 11.0. The van der Waals surface area contributed by atoms with Gasteiger partial charge in [-0.05, 0) is 27.3 Å². The lowest BCUT2D eigenvalue weighted by molar-refractivity contribution is -0.937. The molecular weight excluding hydrogens is 252 g/mol. The van der Waals surface area contributed by atoms with Crippen molar-refractivity contribution in [1.82, 2.24) is 0 Å². The molecule has 4 heteroatoms. The summed E-state index contributed by atoms with van der Waals surface area (Å²) in [7, 11) is 0. The Morgan fingerprint density at radius 3 is 2.10 bits per heavy atom. The Morgan fingerprint density at radius 2 is 1.70 bits per heavy atom. The summed E-state index contributed by atoms with van der Waals surface area (Å²) in [5.74, 6) is -1.08. The van der Waals surface area contributed by atoms with Crippen molar-refractivity contribution < 1.29 is 14.4 Å². The first-order chi connectivity index (χ1) is 9.49. The van der Waals surface area contributed by atoms with Crippen LogP contribution in [-0.4, -0.2) is 36.6 Å². The first-order valence-electron chi connectivity index (χ1n) is 7.26. The average Bonchev–Trinajstić information content (AvgIpc) is 2.44. The van der Waals surface area contributed by atoms with E-state index in [4.69, 9.17) is 15.6 Å². The molecule has 0 bridgehead atoms. The number of nitrogens with zero attached hydrogens (tertiary/aromatic N) is 1. The van der Waals surface area contributed by atoms with Crippen LogP contribution in [0.1, 0.15) is 32.8 Å². The van der Waals surface area contributed by atoms with E-state index in [2.05, 4.69) is 44.2 Å². The van der Waals surface area contributed by atoms with Crippen LogP contribution in [0.4, 0.5) is 0 Å². The Kier molecular flexibility index (Phi) is 9.68. The maximum atomic E-state index is 8.89. The zero-order valence-corrected chi connectivity index (χ0v) is 13.0. The van der Waals surface area contributed by atoms with Crippen molar-refractivity contribution >= 4 is 5.97 Å². The largest absolute Gasteiger partial charge is 0.550 e. The lowest BCUT2D eigenvalue weighted by Gasteiger charge is -2.37. The highest BCUT2D eigenvalue weighted by molar-refractivity contribution is 5.60. The maximum absolute atomic E-state index is 8.89. The van der Waals surface area contributed by atoms with Gasteiger partial charge in [-0.2, -0.15) is 0 Å². The van der Waals surface area contributed by atoms with Crippen molar-refractivity contribution in [2.75, 3.05) is 26.2 Å². The minimum absolute atomic E-state index is 0.800. The van der Waals surface area contributed by atoms with Crippen LogP contribution in [0.25, 0.3) is 0 Å². The third-order valence-electron chi connectivity index (χ3n) is 3.54. The standard InChI is InChI=1S/C14H25N2.C2H4O2/c1-3-16(4-2,12-8-11-15)13-14-9-6-5-7-10-14;1-2(3)4/h5-7,9-10H,3-4,8,11-13,15H2,1-2H3;1H3,(H,3,4)/q+1;/p-1. The molecule has 0 spiro atoms. The fourth-order valence-corrected chi connectivity index (χ4v) is 2.24. The molecule has 0 unspecified atom stereocenters. The number of carboxylic acid groups (broad SMARTS) is 1. The number of rotatable bonds is 7. The van der Waals surface area contributed by atoms with E-state index in [0.717, 1.165) is 30.9 Å². The third-order valence-corrected chi connectivity index (χ3v) is 3.54. The van der Waals surface area contributed by atoms with Gasteiger partial charge in [-0.3, -0.25) is 0 Å². The van der Waals surface area contributed by atoms with Crippen LogP contribution in [0.3, 0.4) is 0 Å². The van der Waals surface area contributed by atoms with Crippen molar-refractivity contribution in [3.05, 3.63) is 35.9 Å². The lowest BCUT2D eigenvalue weighted by atomic mass is 10.1. The van der Waals surface area contributed by atoms with E-state index in [0.29, 0.717) is 0 Å². The van der Waals surface area contributed by atoms with E-state index in [1.165, 1.54) is 25.2 Å². The zero-order valence-electron chi connectivity index (χ0n) is 13.0. The molecule has 0 aliphatic heterocycles.